The van der Waals surface area contributed by atoms with E-state index < -0.39 is 0 Å². The number of fused-ring (bicyclic) bond motifs is 1. The van der Waals surface area contributed by atoms with Gasteiger partial charge in [-0.25, -0.2) is 0 Å². The molecule has 1 aromatic carbocycles. The summed E-state index contributed by atoms with van der Waals surface area (Å²) < 4.78 is 0. The number of hydrogen-bond acceptors (Lipinski definition) is 2. The largest absolute Gasteiger partial charge is 0.312 e. The Morgan fingerprint density at radius 2 is 2.00 bits per heavy atom. The Bertz CT molecular complexity index is 535. The van der Waals surface area contributed by atoms with Crippen molar-refractivity contribution >= 4 is 10.8 Å². The molecule has 2 rings (SSSR count). The molecular weight excluding hydrogens is 232 g/mol. The molecule has 0 aliphatic carbocycles. The first-order chi connectivity index (χ1) is 8.97. The number of benzene rings is 1. The Labute approximate surface area is 116 Å². The monoisotopic (exact) mass is 256 g/mol. The topological polar surface area (TPSA) is 24.9 Å². The van der Waals surface area contributed by atoms with Gasteiger partial charge < -0.3 is 5.32 Å². The summed E-state index contributed by atoms with van der Waals surface area (Å²) in [4.78, 5) is 4.26. The Morgan fingerprint density at radius 3 is 2.74 bits per heavy atom. The standard InChI is InChI=1S/C17H24N2/c1-13(8-11-19-17(2,3)4)15-7-5-6-14-9-10-18-12-16(14)15/h5-7,9-10,12-13,19H,8,11H2,1-4H3. The first kappa shape index (κ1) is 14.0. The molecule has 102 valence electrons. The van der Waals surface area contributed by atoms with Crippen LogP contribution in [-0.2, 0) is 0 Å². The Kier molecular flexibility index (Phi) is 4.20. The van der Waals surface area contributed by atoms with Crippen LogP contribution in [0, 0.1) is 0 Å². The fraction of sp³-hybridized carbons (Fsp3) is 0.471. The molecule has 0 fully saturated rings. The van der Waals surface area contributed by atoms with Crippen LogP contribution in [0.3, 0.4) is 0 Å². The van der Waals surface area contributed by atoms with Crippen LogP contribution in [0.1, 0.15) is 45.6 Å². The van der Waals surface area contributed by atoms with Gasteiger partial charge in [-0.2, -0.15) is 0 Å². The van der Waals surface area contributed by atoms with Gasteiger partial charge in [0.05, 0.1) is 0 Å². The van der Waals surface area contributed by atoms with Crippen LogP contribution in [0.4, 0.5) is 0 Å². The summed E-state index contributed by atoms with van der Waals surface area (Å²) in [5, 5.41) is 6.12. The van der Waals surface area contributed by atoms with Gasteiger partial charge in [-0.3, -0.25) is 4.98 Å². The Morgan fingerprint density at radius 1 is 1.21 bits per heavy atom. The van der Waals surface area contributed by atoms with Crippen LogP contribution in [0.2, 0.25) is 0 Å². The van der Waals surface area contributed by atoms with E-state index in [1.807, 2.05) is 12.4 Å². The predicted octanol–water partition coefficient (Wildman–Crippen LogP) is 4.12. The molecule has 0 amide bonds. The molecule has 1 atom stereocenters. The fourth-order valence-corrected chi connectivity index (χ4v) is 2.39. The van der Waals surface area contributed by atoms with Gasteiger partial charge in [-0.15, -0.1) is 0 Å². The van der Waals surface area contributed by atoms with Gasteiger partial charge in [0.1, 0.15) is 0 Å². The van der Waals surface area contributed by atoms with Crippen LogP contribution < -0.4 is 5.32 Å². The summed E-state index contributed by atoms with van der Waals surface area (Å²) in [6.07, 6.45) is 4.99. The van der Waals surface area contributed by atoms with E-state index in [9.17, 15) is 0 Å². The van der Waals surface area contributed by atoms with Gasteiger partial charge in [-0.05, 0) is 56.7 Å². The molecule has 1 N–H and O–H groups in total. The van der Waals surface area contributed by atoms with Crippen LogP contribution >= 0.6 is 0 Å². The number of rotatable bonds is 4. The lowest BCUT2D eigenvalue weighted by atomic mass is 9.93. The smallest absolute Gasteiger partial charge is 0.0349 e. The molecule has 0 saturated carbocycles. The molecule has 0 spiro atoms. The summed E-state index contributed by atoms with van der Waals surface area (Å²) in [6, 6.07) is 8.61. The highest BCUT2D eigenvalue weighted by molar-refractivity contribution is 5.85. The molecule has 0 radical (unpaired) electrons. The summed E-state index contributed by atoms with van der Waals surface area (Å²) in [5.41, 5.74) is 1.60. The molecule has 0 aliphatic rings. The highest BCUT2D eigenvalue weighted by atomic mass is 14.9. The third-order valence-corrected chi connectivity index (χ3v) is 3.48. The molecule has 0 bridgehead atoms. The van der Waals surface area contributed by atoms with Gasteiger partial charge in [0.15, 0.2) is 0 Å². The lowest BCUT2D eigenvalue weighted by Gasteiger charge is -2.22. The zero-order chi connectivity index (χ0) is 13.9. The summed E-state index contributed by atoms with van der Waals surface area (Å²) >= 11 is 0. The van der Waals surface area contributed by atoms with Gasteiger partial charge in [0, 0.05) is 23.3 Å². The first-order valence-corrected chi connectivity index (χ1v) is 7.05. The SMILES string of the molecule is CC(CCNC(C)(C)C)c1cccc2ccncc12. The Balaban J connectivity index is 2.11. The average Bonchev–Trinajstić information content (AvgIpc) is 2.36. The number of pyridine rings is 1. The molecule has 1 aromatic heterocycles. The maximum Gasteiger partial charge on any atom is 0.0349 e. The zero-order valence-electron chi connectivity index (χ0n) is 12.4. The number of nitrogens with zero attached hydrogens (tertiary/aromatic N) is 1. The normalized spacial score (nSPS) is 13.7. The quantitative estimate of drug-likeness (QED) is 0.890. The molecule has 1 unspecified atom stereocenters. The van der Waals surface area contributed by atoms with Crippen molar-refractivity contribution in [3.8, 4) is 0 Å². The van der Waals surface area contributed by atoms with Crippen LogP contribution in [0.5, 0.6) is 0 Å². The molecule has 2 heteroatoms. The molecule has 1 heterocycles. The molecular formula is C17H24N2. The van der Waals surface area contributed by atoms with E-state index in [1.54, 1.807) is 0 Å². The number of hydrogen-bond donors (Lipinski definition) is 1. The fourth-order valence-electron chi connectivity index (χ4n) is 2.39. The van der Waals surface area contributed by atoms with Gasteiger partial charge >= 0.3 is 0 Å². The van der Waals surface area contributed by atoms with Crippen LogP contribution in [0.15, 0.2) is 36.7 Å². The third-order valence-electron chi connectivity index (χ3n) is 3.48. The second kappa shape index (κ2) is 5.70. The second-order valence-electron chi connectivity index (χ2n) is 6.31. The molecule has 2 nitrogen and oxygen atoms in total. The zero-order valence-corrected chi connectivity index (χ0v) is 12.4. The summed E-state index contributed by atoms with van der Waals surface area (Å²) in [6.45, 7) is 9.96. The molecule has 0 aliphatic heterocycles. The predicted molar refractivity (Wildman–Crippen MR) is 82.5 cm³/mol. The minimum absolute atomic E-state index is 0.194. The maximum absolute atomic E-state index is 4.26. The number of nitrogens with one attached hydrogen (secondary N) is 1. The van der Waals surface area contributed by atoms with Crippen molar-refractivity contribution in [1.82, 2.24) is 10.3 Å². The third kappa shape index (κ3) is 3.77. The lowest BCUT2D eigenvalue weighted by Crippen LogP contribution is -2.36. The minimum Gasteiger partial charge on any atom is -0.312 e. The van der Waals surface area contributed by atoms with Crippen molar-refractivity contribution in [2.24, 2.45) is 0 Å². The maximum atomic E-state index is 4.26. The van der Waals surface area contributed by atoms with Crippen molar-refractivity contribution in [3.05, 3.63) is 42.2 Å². The van der Waals surface area contributed by atoms with E-state index in [0.717, 1.165) is 13.0 Å². The highest BCUT2D eigenvalue weighted by Gasteiger charge is 2.12. The van der Waals surface area contributed by atoms with Crippen LogP contribution in [0.25, 0.3) is 10.8 Å². The van der Waals surface area contributed by atoms with E-state index in [4.69, 9.17) is 0 Å². The molecule has 19 heavy (non-hydrogen) atoms. The summed E-state index contributed by atoms with van der Waals surface area (Å²) in [7, 11) is 0. The van der Waals surface area contributed by atoms with Crippen molar-refractivity contribution in [2.75, 3.05) is 6.54 Å². The van der Waals surface area contributed by atoms with E-state index in [2.05, 4.69) is 62.3 Å². The van der Waals surface area contributed by atoms with Gasteiger partial charge in [0.2, 0.25) is 0 Å². The van der Waals surface area contributed by atoms with Gasteiger partial charge in [0.25, 0.3) is 0 Å². The minimum atomic E-state index is 0.194. The van der Waals surface area contributed by atoms with Crippen molar-refractivity contribution < 1.29 is 0 Å². The van der Waals surface area contributed by atoms with E-state index in [1.165, 1.54) is 16.3 Å². The summed E-state index contributed by atoms with van der Waals surface area (Å²) in [5.74, 6) is 0.544. The van der Waals surface area contributed by atoms with Crippen molar-refractivity contribution in [3.63, 3.8) is 0 Å². The van der Waals surface area contributed by atoms with E-state index >= 15 is 0 Å². The lowest BCUT2D eigenvalue weighted by molar-refractivity contribution is 0.414. The molecule has 2 aromatic rings. The van der Waals surface area contributed by atoms with Gasteiger partial charge in [-0.1, -0.05) is 25.1 Å². The Hall–Kier alpha value is -1.41. The second-order valence-corrected chi connectivity index (χ2v) is 6.31. The van der Waals surface area contributed by atoms with E-state index in [-0.39, 0.29) is 5.54 Å². The first-order valence-electron chi connectivity index (χ1n) is 7.05. The highest BCUT2D eigenvalue weighted by Crippen LogP contribution is 2.26. The average molecular weight is 256 g/mol. The number of aromatic nitrogens is 1. The molecule has 0 saturated heterocycles. The van der Waals surface area contributed by atoms with E-state index in [0.29, 0.717) is 5.92 Å². The van der Waals surface area contributed by atoms with Crippen molar-refractivity contribution in [1.29, 1.82) is 0 Å². The van der Waals surface area contributed by atoms with Crippen LogP contribution in [-0.4, -0.2) is 17.1 Å². The van der Waals surface area contributed by atoms with Crippen molar-refractivity contribution in [2.45, 2.75) is 45.6 Å².